The third-order valence-electron chi connectivity index (χ3n) is 3.76. The quantitative estimate of drug-likeness (QED) is 0.754. The van der Waals surface area contributed by atoms with Gasteiger partial charge in [0, 0.05) is 13.7 Å². The van der Waals surface area contributed by atoms with Crippen LogP contribution in [0.4, 0.5) is 5.82 Å². The fourth-order valence-electron chi connectivity index (χ4n) is 2.70. The first-order chi connectivity index (χ1) is 11.2. The number of anilines is 1. The van der Waals surface area contributed by atoms with E-state index < -0.39 is 6.10 Å². The predicted octanol–water partition coefficient (Wildman–Crippen LogP) is 2.09. The van der Waals surface area contributed by atoms with Crippen molar-refractivity contribution in [1.29, 1.82) is 5.26 Å². The molecule has 1 atom stereocenters. The van der Waals surface area contributed by atoms with E-state index in [1.165, 1.54) is 0 Å². The summed E-state index contributed by atoms with van der Waals surface area (Å²) < 4.78 is 6.86. The van der Waals surface area contributed by atoms with Crippen molar-refractivity contribution < 1.29 is 9.84 Å². The minimum absolute atomic E-state index is 0.260. The Labute approximate surface area is 133 Å². The number of nitriles is 1. The number of nitrogens with one attached hydrogen (secondary N) is 1. The molecule has 23 heavy (non-hydrogen) atoms. The van der Waals surface area contributed by atoms with Gasteiger partial charge in [-0.3, -0.25) is 4.40 Å². The molecule has 0 amide bonds. The molecule has 0 spiro atoms. The van der Waals surface area contributed by atoms with Crippen LogP contribution in [0.25, 0.3) is 16.7 Å². The number of fused-ring (bicyclic) bond motifs is 3. The molecule has 3 aromatic rings. The number of imidazole rings is 1. The molecule has 2 heterocycles. The van der Waals surface area contributed by atoms with Gasteiger partial charge in [0.05, 0.1) is 29.3 Å². The van der Waals surface area contributed by atoms with Crippen molar-refractivity contribution in [3.63, 3.8) is 0 Å². The number of ether oxygens (including phenoxy) is 1. The largest absolute Gasteiger partial charge is 0.389 e. The minimum Gasteiger partial charge on any atom is -0.389 e. The van der Waals surface area contributed by atoms with E-state index in [1.54, 1.807) is 7.11 Å². The maximum absolute atomic E-state index is 9.85. The van der Waals surface area contributed by atoms with Crippen LogP contribution in [0.1, 0.15) is 11.1 Å². The topological polar surface area (TPSA) is 82.6 Å². The van der Waals surface area contributed by atoms with Gasteiger partial charge in [0.2, 0.25) is 0 Å². The second-order valence-corrected chi connectivity index (χ2v) is 5.45. The molecule has 6 nitrogen and oxygen atoms in total. The highest BCUT2D eigenvalue weighted by Crippen LogP contribution is 2.26. The van der Waals surface area contributed by atoms with Crippen LogP contribution in [0.2, 0.25) is 0 Å². The maximum Gasteiger partial charge on any atom is 0.157 e. The molecule has 0 bridgehead atoms. The first kappa shape index (κ1) is 15.3. The minimum atomic E-state index is -0.610. The van der Waals surface area contributed by atoms with Crippen LogP contribution in [0.3, 0.4) is 0 Å². The zero-order valence-electron chi connectivity index (χ0n) is 13.1. The number of pyridine rings is 1. The zero-order valence-corrected chi connectivity index (χ0v) is 13.1. The zero-order chi connectivity index (χ0) is 16.4. The monoisotopic (exact) mass is 310 g/mol. The maximum atomic E-state index is 9.85. The van der Waals surface area contributed by atoms with Gasteiger partial charge < -0.3 is 15.2 Å². The first-order valence-electron chi connectivity index (χ1n) is 7.37. The Morgan fingerprint density at radius 2 is 2.22 bits per heavy atom. The average molecular weight is 310 g/mol. The summed E-state index contributed by atoms with van der Waals surface area (Å²) in [6.07, 6.45) is -0.610. The van der Waals surface area contributed by atoms with Crippen LogP contribution >= 0.6 is 0 Å². The number of aliphatic hydroxyl groups is 1. The molecule has 0 saturated carbocycles. The second kappa shape index (κ2) is 6.24. The SMILES string of the molecule is COC[C@@H](O)CNc1cc(C)c(C#N)c2nc3ccccc3n12. The summed E-state index contributed by atoms with van der Waals surface area (Å²) in [5, 5.41) is 22.5. The molecule has 1 aromatic carbocycles. The highest BCUT2D eigenvalue weighted by molar-refractivity contribution is 5.85. The van der Waals surface area contributed by atoms with Gasteiger partial charge in [0.15, 0.2) is 5.65 Å². The smallest absolute Gasteiger partial charge is 0.157 e. The molecule has 0 aliphatic rings. The molecular formula is C17H18N4O2. The molecule has 118 valence electrons. The number of aromatic nitrogens is 2. The molecule has 2 N–H and O–H groups in total. The summed E-state index contributed by atoms with van der Waals surface area (Å²) in [5.41, 5.74) is 3.78. The lowest BCUT2D eigenvalue weighted by molar-refractivity contribution is 0.0727. The van der Waals surface area contributed by atoms with Crippen molar-refractivity contribution in [3.8, 4) is 6.07 Å². The van der Waals surface area contributed by atoms with Crippen molar-refractivity contribution in [2.45, 2.75) is 13.0 Å². The van der Waals surface area contributed by atoms with Crippen molar-refractivity contribution in [2.75, 3.05) is 25.6 Å². The number of nitrogens with zero attached hydrogens (tertiary/aromatic N) is 3. The lowest BCUT2D eigenvalue weighted by Crippen LogP contribution is -2.25. The van der Waals surface area contributed by atoms with Gasteiger partial charge in [-0.05, 0) is 30.7 Å². The molecule has 6 heteroatoms. The average Bonchev–Trinajstić information content (AvgIpc) is 2.92. The van der Waals surface area contributed by atoms with Gasteiger partial charge >= 0.3 is 0 Å². The molecule has 0 saturated heterocycles. The molecule has 0 unspecified atom stereocenters. The van der Waals surface area contributed by atoms with Crippen LogP contribution in [0, 0.1) is 18.3 Å². The number of benzene rings is 1. The summed E-state index contributed by atoms with van der Waals surface area (Å²) in [5.74, 6) is 0.792. The summed E-state index contributed by atoms with van der Waals surface area (Å²) in [6, 6.07) is 11.9. The Balaban J connectivity index is 2.15. The standard InChI is InChI=1S/C17H18N4O2/c1-11-7-16(19-9-12(22)10-23-2)21-15-6-4-3-5-14(15)20-17(21)13(11)8-18/h3-7,12,19,22H,9-10H2,1-2H3/t12-/m0/s1. The van der Waals surface area contributed by atoms with E-state index in [0.29, 0.717) is 17.8 Å². The normalized spacial score (nSPS) is 12.4. The van der Waals surface area contributed by atoms with Gasteiger partial charge in [-0.2, -0.15) is 5.26 Å². The van der Waals surface area contributed by atoms with Crippen LogP contribution in [0.15, 0.2) is 30.3 Å². The van der Waals surface area contributed by atoms with E-state index in [0.717, 1.165) is 22.4 Å². The van der Waals surface area contributed by atoms with Crippen LogP contribution < -0.4 is 5.32 Å². The Bertz CT molecular complexity index is 895. The lowest BCUT2D eigenvalue weighted by Gasteiger charge is -2.15. The van der Waals surface area contributed by atoms with Crippen LogP contribution in [-0.2, 0) is 4.74 Å². The van der Waals surface area contributed by atoms with Gasteiger partial charge in [0.1, 0.15) is 11.9 Å². The van der Waals surface area contributed by atoms with Gasteiger partial charge in [-0.1, -0.05) is 12.1 Å². The number of hydrogen-bond donors (Lipinski definition) is 2. The van der Waals surface area contributed by atoms with E-state index in [-0.39, 0.29) is 6.61 Å². The molecule has 0 fully saturated rings. The highest BCUT2D eigenvalue weighted by atomic mass is 16.5. The Hall–Kier alpha value is -2.62. The summed E-state index contributed by atoms with van der Waals surface area (Å²) >= 11 is 0. The Morgan fingerprint density at radius 1 is 1.43 bits per heavy atom. The highest BCUT2D eigenvalue weighted by Gasteiger charge is 2.15. The van der Waals surface area contributed by atoms with Crippen LogP contribution in [0.5, 0.6) is 0 Å². The predicted molar refractivity (Wildman–Crippen MR) is 88.5 cm³/mol. The molecule has 0 radical (unpaired) electrons. The fourth-order valence-corrected chi connectivity index (χ4v) is 2.70. The summed E-state index contributed by atoms with van der Waals surface area (Å²) in [6.45, 7) is 2.49. The van der Waals surface area contributed by atoms with Crippen molar-refractivity contribution >= 4 is 22.5 Å². The number of aryl methyl sites for hydroxylation is 1. The Morgan fingerprint density at radius 3 is 2.96 bits per heavy atom. The Kier molecular flexibility index (Phi) is 4.15. The molecular weight excluding hydrogens is 292 g/mol. The number of rotatable bonds is 5. The van der Waals surface area contributed by atoms with Crippen molar-refractivity contribution in [2.24, 2.45) is 0 Å². The molecule has 3 rings (SSSR count). The van der Waals surface area contributed by atoms with E-state index in [2.05, 4.69) is 16.4 Å². The van der Waals surface area contributed by atoms with E-state index >= 15 is 0 Å². The second-order valence-electron chi connectivity index (χ2n) is 5.45. The summed E-state index contributed by atoms with van der Waals surface area (Å²) in [7, 11) is 1.55. The third-order valence-corrected chi connectivity index (χ3v) is 3.76. The number of hydrogen-bond acceptors (Lipinski definition) is 5. The lowest BCUT2D eigenvalue weighted by atomic mass is 10.1. The van der Waals surface area contributed by atoms with Gasteiger partial charge in [-0.25, -0.2) is 4.98 Å². The molecule has 0 aliphatic carbocycles. The van der Waals surface area contributed by atoms with Crippen molar-refractivity contribution in [1.82, 2.24) is 9.38 Å². The molecule has 2 aromatic heterocycles. The fraction of sp³-hybridized carbons (Fsp3) is 0.294. The van der Waals surface area contributed by atoms with Gasteiger partial charge in [-0.15, -0.1) is 0 Å². The van der Waals surface area contributed by atoms with Crippen LogP contribution in [-0.4, -0.2) is 40.9 Å². The number of methoxy groups -OCH3 is 1. The number of para-hydroxylation sites is 2. The first-order valence-corrected chi connectivity index (χ1v) is 7.37. The van der Waals surface area contributed by atoms with Gasteiger partial charge in [0.25, 0.3) is 0 Å². The third kappa shape index (κ3) is 2.72. The number of aliphatic hydroxyl groups excluding tert-OH is 1. The van der Waals surface area contributed by atoms with E-state index in [1.807, 2.05) is 41.7 Å². The van der Waals surface area contributed by atoms with E-state index in [9.17, 15) is 10.4 Å². The summed E-state index contributed by atoms with van der Waals surface area (Å²) in [4.78, 5) is 4.58. The van der Waals surface area contributed by atoms with Crippen molar-refractivity contribution in [3.05, 3.63) is 41.5 Å². The van der Waals surface area contributed by atoms with E-state index in [4.69, 9.17) is 4.74 Å². The molecule has 0 aliphatic heterocycles.